The Kier molecular flexibility index (Phi) is 5.91. The number of esters is 1. The average molecular weight is 300 g/mol. The fraction of sp³-hybridized carbons (Fsp3) is 0.364. The van der Waals surface area contributed by atoms with Crippen LogP contribution in [0, 0.1) is 20.2 Å². The van der Waals surface area contributed by atoms with Crippen LogP contribution < -0.4 is 0 Å². The zero-order chi connectivity index (χ0) is 15.1. The van der Waals surface area contributed by atoms with E-state index in [4.69, 9.17) is 4.74 Å². The number of nitro groups is 2. The van der Waals surface area contributed by atoms with E-state index in [2.05, 4.69) is 0 Å². The van der Waals surface area contributed by atoms with Gasteiger partial charge >= 0.3 is 5.97 Å². The van der Waals surface area contributed by atoms with Crippen molar-refractivity contribution >= 4 is 23.4 Å². The van der Waals surface area contributed by atoms with Crippen molar-refractivity contribution in [1.29, 1.82) is 0 Å². The fourth-order valence-electron chi connectivity index (χ4n) is 1.40. The summed E-state index contributed by atoms with van der Waals surface area (Å²) in [5.74, 6) is -0.480. The number of non-ortho nitro benzene ring substituents is 1. The second-order valence-corrected chi connectivity index (χ2v) is 4.91. The molecule has 1 aromatic carbocycles. The van der Waals surface area contributed by atoms with Gasteiger partial charge in [0.2, 0.25) is 6.54 Å². The predicted octanol–water partition coefficient (Wildman–Crippen LogP) is 2.17. The van der Waals surface area contributed by atoms with Crippen molar-refractivity contribution in [3.05, 3.63) is 50.1 Å². The summed E-state index contributed by atoms with van der Waals surface area (Å²) in [5, 5.41) is 20.6. The summed E-state index contributed by atoms with van der Waals surface area (Å²) >= 11 is 1.09. The maximum Gasteiger partial charge on any atom is 0.303 e. The first-order chi connectivity index (χ1) is 9.40. The Morgan fingerprint density at radius 3 is 2.35 bits per heavy atom. The predicted molar refractivity (Wildman–Crippen MR) is 71.9 cm³/mol. The molecule has 0 saturated heterocycles. The number of thioether (sulfide) groups is 1. The van der Waals surface area contributed by atoms with E-state index in [1.807, 2.05) is 0 Å². The van der Waals surface area contributed by atoms with Crippen molar-refractivity contribution in [2.75, 3.05) is 12.5 Å². The summed E-state index contributed by atoms with van der Waals surface area (Å²) in [7, 11) is 0. The molecule has 0 fully saturated rings. The first-order valence-electron chi connectivity index (χ1n) is 5.51. The number of nitro benzene ring substituents is 1. The number of hydrogen-bond acceptors (Lipinski definition) is 7. The highest BCUT2D eigenvalue weighted by Gasteiger charge is 2.20. The van der Waals surface area contributed by atoms with Gasteiger partial charge in [0.15, 0.2) is 0 Å². The Balaban J connectivity index is 2.78. The number of nitrogens with zero attached hydrogens (tertiary/aromatic N) is 2. The first kappa shape index (κ1) is 15.9. The normalized spacial score (nSPS) is 11.7. The van der Waals surface area contributed by atoms with Crippen molar-refractivity contribution in [2.45, 2.75) is 12.2 Å². The lowest BCUT2D eigenvalue weighted by atomic mass is 10.1. The van der Waals surface area contributed by atoms with Gasteiger partial charge < -0.3 is 4.74 Å². The molecular weight excluding hydrogens is 288 g/mol. The lowest BCUT2D eigenvalue weighted by molar-refractivity contribution is -0.479. The molecule has 0 spiro atoms. The summed E-state index contributed by atoms with van der Waals surface area (Å²) in [6.45, 7) is 0.888. The average Bonchev–Trinajstić information content (AvgIpc) is 2.37. The standard InChI is InChI=1S/C11H12N2O6S/c1-8(14)19-7-20-11(6-12(15)16)9-2-4-10(5-3-9)13(17)18/h2-5,11H,6-7H2,1H3. The molecule has 0 aliphatic heterocycles. The van der Waals surface area contributed by atoms with Crippen LogP contribution in [0.3, 0.4) is 0 Å². The summed E-state index contributed by atoms with van der Waals surface area (Å²) in [6.07, 6.45) is 0. The minimum atomic E-state index is -0.543. The van der Waals surface area contributed by atoms with Crippen LogP contribution in [0.15, 0.2) is 24.3 Å². The summed E-state index contributed by atoms with van der Waals surface area (Å²) in [4.78, 5) is 30.8. The molecule has 0 bridgehead atoms. The molecule has 1 atom stereocenters. The molecule has 20 heavy (non-hydrogen) atoms. The van der Waals surface area contributed by atoms with Crippen molar-refractivity contribution in [1.82, 2.24) is 0 Å². The molecule has 108 valence electrons. The van der Waals surface area contributed by atoms with Gasteiger partial charge in [-0.3, -0.25) is 25.0 Å². The second kappa shape index (κ2) is 7.43. The third-order valence-electron chi connectivity index (χ3n) is 2.32. The molecule has 0 aliphatic rings. The monoisotopic (exact) mass is 300 g/mol. The molecule has 0 saturated carbocycles. The first-order valence-corrected chi connectivity index (χ1v) is 6.56. The van der Waals surface area contributed by atoms with E-state index < -0.39 is 21.1 Å². The SMILES string of the molecule is CC(=O)OCSC(C[N+](=O)[O-])c1ccc([N+](=O)[O-])cc1. The Hall–Kier alpha value is -2.16. The van der Waals surface area contributed by atoms with Crippen molar-refractivity contribution in [3.63, 3.8) is 0 Å². The molecular formula is C11H12N2O6S. The van der Waals surface area contributed by atoms with Crippen LogP contribution in [-0.2, 0) is 9.53 Å². The van der Waals surface area contributed by atoms with Crippen LogP contribution >= 0.6 is 11.8 Å². The van der Waals surface area contributed by atoms with E-state index >= 15 is 0 Å². The van der Waals surface area contributed by atoms with Gasteiger partial charge in [-0.15, -0.1) is 11.8 Å². The van der Waals surface area contributed by atoms with Crippen LogP contribution in [0.5, 0.6) is 0 Å². The van der Waals surface area contributed by atoms with Gasteiger partial charge in [-0.05, 0) is 5.56 Å². The van der Waals surface area contributed by atoms with Crippen LogP contribution in [0.1, 0.15) is 17.7 Å². The van der Waals surface area contributed by atoms with Crippen LogP contribution in [-0.4, -0.2) is 28.3 Å². The van der Waals surface area contributed by atoms with E-state index in [1.165, 1.54) is 31.2 Å². The third kappa shape index (κ3) is 5.22. The Labute approximate surface area is 118 Å². The van der Waals surface area contributed by atoms with Gasteiger partial charge in [0.25, 0.3) is 5.69 Å². The lowest BCUT2D eigenvalue weighted by Gasteiger charge is -2.12. The van der Waals surface area contributed by atoms with E-state index in [9.17, 15) is 25.0 Å². The molecule has 9 heteroatoms. The zero-order valence-corrected chi connectivity index (χ0v) is 11.4. The summed E-state index contributed by atoms with van der Waals surface area (Å²) in [6, 6.07) is 5.50. The minimum Gasteiger partial charge on any atom is -0.455 e. The number of ether oxygens (including phenoxy) is 1. The highest BCUT2D eigenvalue weighted by Crippen LogP contribution is 2.30. The number of benzene rings is 1. The van der Waals surface area contributed by atoms with Crippen LogP contribution in [0.2, 0.25) is 0 Å². The minimum absolute atomic E-state index is 0.00910. The number of hydrogen-bond donors (Lipinski definition) is 0. The number of rotatable bonds is 7. The molecule has 0 radical (unpaired) electrons. The molecule has 1 aromatic rings. The van der Waals surface area contributed by atoms with E-state index in [0.717, 1.165) is 11.8 Å². The van der Waals surface area contributed by atoms with Gasteiger partial charge in [-0.2, -0.15) is 0 Å². The maximum atomic E-state index is 10.7. The number of carbonyl (C=O) groups excluding carboxylic acids is 1. The van der Waals surface area contributed by atoms with E-state index in [0.29, 0.717) is 5.56 Å². The maximum absolute atomic E-state index is 10.7. The van der Waals surface area contributed by atoms with E-state index in [-0.39, 0.29) is 18.2 Å². The molecule has 0 heterocycles. The van der Waals surface area contributed by atoms with Gasteiger partial charge in [-0.1, -0.05) is 12.1 Å². The van der Waals surface area contributed by atoms with Gasteiger partial charge in [0.05, 0.1) is 10.2 Å². The highest BCUT2D eigenvalue weighted by atomic mass is 32.2. The topological polar surface area (TPSA) is 113 Å². The summed E-state index contributed by atoms with van der Waals surface area (Å²) < 4.78 is 4.73. The summed E-state index contributed by atoms with van der Waals surface area (Å²) in [5.41, 5.74) is 0.489. The molecule has 0 aliphatic carbocycles. The second-order valence-electron chi connectivity index (χ2n) is 3.77. The molecule has 0 N–H and O–H groups in total. The van der Waals surface area contributed by atoms with Gasteiger partial charge in [0, 0.05) is 24.0 Å². The molecule has 1 rings (SSSR count). The molecule has 1 unspecified atom stereocenters. The molecule has 8 nitrogen and oxygen atoms in total. The van der Waals surface area contributed by atoms with Crippen molar-refractivity contribution in [3.8, 4) is 0 Å². The van der Waals surface area contributed by atoms with Gasteiger partial charge in [0.1, 0.15) is 5.94 Å². The fourth-order valence-corrected chi connectivity index (χ4v) is 2.37. The Bertz CT molecular complexity index is 504. The Morgan fingerprint density at radius 2 is 1.90 bits per heavy atom. The third-order valence-corrected chi connectivity index (χ3v) is 3.40. The number of carbonyl (C=O) groups is 1. The van der Waals surface area contributed by atoms with E-state index in [1.54, 1.807) is 0 Å². The largest absolute Gasteiger partial charge is 0.455 e. The molecule has 0 aromatic heterocycles. The van der Waals surface area contributed by atoms with Crippen molar-refractivity contribution < 1.29 is 19.4 Å². The Morgan fingerprint density at radius 1 is 1.30 bits per heavy atom. The zero-order valence-electron chi connectivity index (χ0n) is 10.6. The highest BCUT2D eigenvalue weighted by molar-refractivity contribution is 7.99. The molecule has 0 amide bonds. The smallest absolute Gasteiger partial charge is 0.303 e. The lowest BCUT2D eigenvalue weighted by Crippen LogP contribution is -2.11. The quantitative estimate of drug-likeness (QED) is 0.328. The van der Waals surface area contributed by atoms with Crippen molar-refractivity contribution in [2.24, 2.45) is 0 Å². The van der Waals surface area contributed by atoms with Gasteiger partial charge in [-0.25, -0.2) is 0 Å². The van der Waals surface area contributed by atoms with Crippen LogP contribution in [0.4, 0.5) is 5.69 Å². The van der Waals surface area contributed by atoms with Crippen LogP contribution in [0.25, 0.3) is 0 Å².